The predicted molar refractivity (Wildman–Crippen MR) is 76.5 cm³/mol. The van der Waals surface area contributed by atoms with E-state index in [0.29, 0.717) is 11.3 Å². The Bertz CT molecular complexity index is 598. The van der Waals surface area contributed by atoms with Gasteiger partial charge < -0.3 is 9.15 Å². The molecule has 0 saturated heterocycles. The summed E-state index contributed by atoms with van der Waals surface area (Å²) in [6, 6.07) is 7.22. The molecule has 2 rings (SSSR count). The fourth-order valence-electron chi connectivity index (χ4n) is 1.46. The first kappa shape index (κ1) is 14.1. The van der Waals surface area contributed by atoms with Crippen LogP contribution >= 0.6 is 31.9 Å². The van der Waals surface area contributed by atoms with E-state index in [4.69, 9.17) is 15.0 Å². The predicted octanol–water partition coefficient (Wildman–Crippen LogP) is 2.99. The van der Waals surface area contributed by atoms with Gasteiger partial charge in [-0.3, -0.25) is 10.2 Å². The maximum absolute atomic E-state index is 11.4. The second-order valence-electron chi connectivity index (χ2n) is 3.61. The summed E-state index contributed by atoms with van der Waals surface area (Å²) in [5, 5.41) is 0. The van der Waals surface area contributed by atoms with Gasteiger partial charge in [-0.1, -0.05) is 15.9 Å². The third-order valence-electron chi connectivity index (χ3n) is 2.36. The lowest BCUT2D eigenvalue weighted by Gasteiger charge is -2.08. The minimum absolute atomic E-state index is 0.149. The van der Waals surface area contributed by atoms with Gasteiger partial charge in [0.2, 0.25) is 0 Å². The second-order valence-corrected chi connectivity index (χ2v) is 5.38. The van der Waals surface area contributed by atoms with Crippen molar-refractivity contribution in [1.82, 2.24) is 5.43 Å². The molecule has 0 unspecified atom stereocenters. The summed E-state index contributed by atoms with van der Waals surface area (Å²) < 4.78 is 12.4. The van der Waals surface area contributed by atoms with Gasteiger partial charge in [0.25, 0.3) is 0 Å². The number of nitrogens with one attached hydrogen (secondary N) is 1. The van der Waals surface area contributed by atoms with Crippen molar-refractivity contribution in [2.75, 3.05) is 0 Å². The van der Waals surface area contributed by atoms with Crippen LogP contribution in [0, 0.1) is 0 Å². The van der Waals surface area contributed by atoms with Crippen LogP contribution < -0.4 is 16.0 Å². The van der Waals surface area contributed by atoms with Crippen LogP contribution in [0.4, 0.5) is 0 Å². The molecule has 1 aromatic heterocycles. The summed E-state index contributed by atoms with van der Waals surface area (Å²) in [6.45, 7) is 0.208. The lowest BCUT2D eigenvalue weighted by atomic mass is 10.2. The number of nitrogen functional groups attached to an aromatic ring is 1. The molecular weight excluding hydrogens is 380 g/mol. The van der Waals surface area contributed by atoms with Gasteiger partial charge in [0.15, 0.2) is 5.76 Å². The van der Waals surface area contributed by atoms with E-state index in [1.54, 1.807) is 6.07 Å². The molecule has 3 N–H and O–H groups in total. The lowest BCUT2D eigenvalue weighted by Crippen LogP contribution is -2.30. The third-order valence-corrected chi connectivity index (χ3v) is 3.47. The maximum Gasteiger partial charge on any atom is 0.301 e. The zero-order chi connectivity index (χ0) is 13.8. The minimum atomic E-state index is -0.488. The molecular formula is C12H10Br2N2O3. The Morgan fingerprint density at radius 2 is 2.16 bits per heavy atom. The molecule has 1 heterocycles. The van der Waals surface area contributed by atoms with E-state index in [1.807, 2.05) is 23.6 Å². The van der Waals surface area contributed by atoms with Crippen LogP contribution in [0.25, 0.3) is 0 Å². The molecule has 0 aliphatic carbocycles. The Labute approximate surface area is 126 Å². The molecule has 1 aromatic carbocycles. The topological polar surface area (TPSA) is 77.5 Å². The van der Waals surface area contributed by atoms with Gasteiger partial charge in [-0.05, 0) is 40.2 Å². The van der Waals surface area contributed by atoms with Crippen LogP contribution in [0.2, 0.25) is 0 Å². The zero-order valence-corrected chi connectivity index (χ0v) is 12.8. The standard InChI is InChI=1S/C12H10Br2N2O3/c13-8-1-2-10(9(14)5-8)19-6-7-3-4-18-11(7)12(17)16-15/h1-5H,6,15H2,(H,16,17). The van der Waals surface area contributed by atoms with Crippen molar-refractivity contribution in [3.63, 3.8) is 0 Å². The monoisotopic (exact) mass is 388 g/mol. The number of halogens is 2. The van der Waals surface area contributed by atoms with Crippen molar-refractivity contribution in [3.05, 3.63) is 50.8 Å². The highest BCUT2D eigenvalue weighted by molar-refractivity contribution is 9.11. The van der Waals surface area contributed by atoms with Gasteiger partial charge in [0.1, 0.15) is 12.4 Å². The summed E-state index contributed by atoms with van der Waals surface area (Å²) in [5.74, 6) is 5.40. The number of furan rings is 1. The Morgan fingerprint density at radius 3 is 2.84 bits per heavy atom. The highest BCUT2D eigenvalue weighted by Crippen LogP contribution is 2.29. The van der Waals surface area contributed by atoms with Crippen molar-refractivity contribution >= 4 is 37.8 Å². The number of hydrazine groups is 1. The van der Waals surface area contributed by atoms with E-state index < -0.39 is 5.91 Å². The molecule has 2 aromatic rings. The van der Waals surface area contributed by atoms with E-state index in [-0.39, 0.29) is 12.4 Å². The number of hydrogen-bond acceptors (Lipinski definition) is 4. The molecule has 0 radical (unpaired) electrons. The second kappa shape index (κ2) is 6.23. The summed E-state index contributed by atoms with van der Waals surface area (Å²) >= 11 is 6.75. The molecule has 0 bridgehead atoms. The Morgan fingerprint density at radius 1 is 1.37 bits per heavy atom. The average molecular weight is 390 g/mol. The van der Waals surface area contributed by atoms with E-state index >= 15 is 0 Å². The van der Waals surface area contributed by atoms with Crippen molar-refractivity contribution in [3.8, 4) is 5.75 Å². The number of hydrogen-bond donors (Lipinski definition) is 2. The SMILES string of the molecule is NNC(=O)c1occc1COc1ccc(Br)cc1Br. The summed E-state index contributed by atoms with van der Waals surface area (Å²) in [5.41, 5.74) is 2.64. The average Bonchev–Trinajstić information content (AvgIpc) is 2.85. The summed E-state index contributed by atoms with van der Waals surface area (Å²) in [6.07, 6.45) is 1.42. The smallest absolute Gasteiger partial charge is 0.301 e. The Kier molecular flexibility index (Phi) is 4.62. The Hall–Kier alpha value is -1.31. The summed E-state index contributed by atoms with van der Waals surface area (Å²) in [4.78, 5) is 11.4. The van der Waals surface area contributed by atoms with Gasteiger partial charge in [0.05, 0.1) is 10.7 Å². The van der Waals surface area contributed by atoms with Crippen molar-refractivity contribution in [1.29, 1.82) is 0 Å². The number of nitrogens with two attached hydrogens (primary N) is 1. The largest absolute Gasteiger partial charge is 0.488 e. The van der Waals surface area contributed by atoms with Crippen LogP contribution in [0.1, 0.15) is 16.1 Å². The van der Waals surface area contributed by atoms with Gasteiger partial charge in [-0.25, -0.2) is 5.84 Å². The third kappa shape index (κ3) is 3.37. The Balaban J connectivity index is 2.10. The van der Waals surface area contributed by atoms with Gasteiger partial charge in [-0.2, -0.15) is 0 Å². The van der Waals surface area contributed by atoms with E-state index in [1.165, 1.54) is 6.26 Å². The summed E-state index contributed by atoms with van der Waals surface area (Å²) in [7, 11) is 0. The highest BCUT2D eigenvalue weighted by Gasteiger charge is 2.15. The van der Waals surface area contributed by atoms with Crippen molar-refractivity contribution in [2.45, 2.75) is 6.61 Å². The lowest BCUT2D eigenvalue weighted by molar-refractivity contribution is 0.0922. The fourth-order valence-corrected chi connectivity index (χ4v) is 2.62. The molecule has 0 saturated carbocycles. The number of rotatable bonds is 4. The zero-order valence-electron chi connectivity index (χ0n) is 9.65. The molecule has 19 heavy (non-hydrogen) atoms. The molecule has 0 spiro atoms. The number of carbonyl (C=O) groups is 1. The molecule has 100 valence electrons. The van der Waals surface area contributed by atoms with Gasteiger partial charge in [-0.15, -0.1) is 0 Å². The molecule has 0 aliphatic rings. The van der Waals surface area contributed by atoms with Crippen molar-refractivity contribution in [2.24, 2.45) is 5.84 Å². The number of amides is 1. The molecule has 0 aliphatic heterocycles. The molecule has 0 fully saturated rings. The molecule has 7 heteroatoms. The number of benzene rings is 1. The highest BCUT2D eigenvalue weighted by atomic mass is 79.9. The van der Waals surface area contributed by atoms with E-state index in [0.717, 1.165) is 8.95 Å². The van der Waals surface area contributed by atoms with Crippen LogP contribution in [0.15, 0.2) is 43.9 Å². The molecule has 0 atom stereocenters. The normalized spacial score (nSPS) is 10.3. The first-order chi connectivity index (χ1) is 9.11. The molecule has 5 nitrogen and oxygen atoms in total. The van der Waals surface area contributed by atoms with Crippen LogP contribution in [-0.4, -0.2) is 5.91 Å². The van der Waals surface area contributed by atoms with Crippen LogP contribution in [0.3, 0.4) is 0 Å². The number of carbonyl (C=O) groups excluding carboxylic acids is 1. The fraction of sp³-hybridized carbons (Fsp3) is 0.0833. The van der Waals surface area contributed by atoms with Gasteiger partial charge >= 0.3 is 5.91 Å². The number of ether oxygens (including phenoxy) is 1. The maximum atomic E-state index is 11.4. The first-order valence-corrected chi connectivity index (χ1v) is 6.85. The minimum Gasteiger partial charge on any atom is -0.488 e. The van der Waals surface area contributed by atoms with Crippen LogP contribution in [-0.2, 0) is 6.61 Å². The quantitative estimate of drug-likeness (QED) is 0.478. The van der Waals surface area contributed by atoms with E-state index in [2.05, 4.69) is 31.9 Å². The van der Waals surface area contributed by atoms with Crippen molar-refractivity contribution < 1.29 is 13.9 Å². The first-order valence-electron chi connectivity index (χ1n) is 5.27. The van der Waals surface area contributed by atoms with Gasteiger partial charge in [0, 0.05) is 10.0 Å². The molecule has 1 amide bonds. The van der Waals surface area contributed by atoms with Crippen LogP contribution in [0.5, 0.6) is 5.75 Å². The van der Waals surface area contributed by atoms with E-state index in [9.17, 15) is 4.79 Å².